The highest BCUT2D eigenvalue weighted by Crippen LogP contribution is 2.24. The number of fused-ring (bicyclic) bond motifs is 1. The molecule has 0 bridgehead atoms. The minimum Gasteiger partial charge on any atom is -0.387 e. The van der Waals surface area contributed by atoms with Crippen molar-refractivity contribution in [3.8, 4) is 0 Å². The molecule has 0 aliphatic heterocycles. The van der Waals surface area contributed by atoms with Crippen LogP contribution in [0.4, 0.5) is 0 Å². The summed E-state index contributed by atoms with van der Waals surface area (Å²) in [5, 5.41) is 9.61. The number of rotatable bonds is 2. The van der Waals surface area contributed by atoms with Crippen molar-refractivity contribution in [1.82, 2.24) is 0 Å². The lowest BCUT2D eigenvalue weighted by Crippen LogP contribution is -2.12. The fraction of sp³-hybridized carbons (Fsp3) is 0.500. The molecule has 0 saturated carbocycles. The molecule has 0 heterocycles. The maximum Gasteiger partial charge on any atom is 0.0912 e. The molecule has 2 nitrogen and oxygen atoms in total. The van der Waals surface area contributed by atoms with Gasteiger partial charge in [-0.15, -0.1) is 0 Å². The van der Waals surface area contributed by atoms with Crippen LogP contribution in [0.1, 0.15) is 35.6 Å². The van der Waals surface area contributed by atoms with Crippen molar-refractivity contribution < 1.29 is 5.11 Å². The average Bonchev–Trinajstić information content (AvgIpc) is 2.27. The van der Waals surface area contributed by atoms with Crippen molar-refractivity contribution in [2.45, 2.75) is 31.8 Å². The van der Waals surface area contributed by atoms with Gasteiger partial charge in [-0.3, -0.25) is 0 Å². The highest BCUT2D eigenvalue weighted by molar-refractivity contribution is 5.34. The SMILES string of the molecule is NC[C@@H](O)c1ccc2c(c1)CCCC2. The Labute approximate surface area is 84.7 Å². The van der Waals surface area contributed by atoms with Gasteiger partial charge >= 0.3 is 0 Å². The highest BCUT2D eigenvalue weighted by Gasteiger charge is 2.12. The van der Waals surface area contributed by atoms with Crippen LogP contribution in [0.25, 0.3) is 0 Å². The van der Waals surface area contributed by atoms with Gasteiger partial charge in [0.1, 0.15) is 0 Å². The molecule has 1 aromatic rings. The molecule has 0 spiro atoms. The number of aliphatic hydroxyl groups excluding tert-OH is 1. The van der Waals surface area contributed by atoms with Crippen LogP contribution < -0.4 is 5.73 Å². The molecule has 0 radical (unpaired) electrons. The summed E-state index contributed by atoms with van der Waals surface area (Å²) in [6, 6.07) is 6.26. The molecule has 0 amide bonds. The Morgan fingerprint density at radius 2 is 1.93 bits per heavy atom. The van der Waals surface area contributed by atoms with E-state index in [-0.39, 0.29) is 0 Å². The zero-order valence-corrected chi connectivity index (χ0v) is 8.37. The minimum absolute atomic E-state index is 0.304. The first kappa shape index (κ1) is 9.69. The third kappa shape index (κ3) is 1.81. The van der Waals surface area contributed by atoms with Gasteiger partial charge in [-0.25, -0.2) is 0 Å². The quantitative estimate of drug-likeness (QED) is 0.745. The van der Waals surface area contributed by atoms with Gasteiger partial charge in [-0.1, -0.05) is 18.2 Å². The minimum atomic E-state index is -0.498. The molecule has 2 heteroatoms. The van der Waals surface area contributed by atoms with Crippen molar-refractivity contribution in [2.75, 3.05) is 6.54 Å². The van der Waals surface area contributed by atoms with Crippen LogP contribution in [-0.2, 0) is 12.8 Å². The van der Waals surface area contributed by atoms with Crippen molar-refractivity contribution >= 4 is 0 Å². The second-order valence-electron chi connectivity index (χ2n) is 3.99. The molecule has 14 heavy (non-hydrogen) atoms. The first-order valence-electron chi connectivity index (χ1n) is 5.31. The van der Waals surface area contributed by atoms with Gasteiger partial charge in [0.2, 0.25) is 0 Å². The molecular formula is C12H17NO. The third-order valence-electron chi connectivity index (χ3n) is 2.98. The van der Waals surface area contributed by atoms with E-state index in [0.29, 0.717) is 6.54 Å². The lowest BCUT2D eigenvalue weighted by Gasteiger charge is -2.18. The molecule has 3 N–H and O–H groups in total. The van der Waals surface area contributed by atoms with E-state index in [4.69, 9.17) is 5.73 Å². The molecule has 0 unspecified atom stereocenters. The second-order valence-corrected chi connectivity index (χ2v) is 3.99. The van der Waals surface area contributed by atoms with Crippen LogP contribution in [0.3, 0.4) is 0 Å². The van der Waals surface area contributed by atoms with Crippen LogP contribution >= 0.6 is 0 Å². The predicted molar refractivity (Wildman–Crippen MR) is 57.1 cm³/mol. The van der Waals surface area contributed by atoms with Gasteiger partial charge in [-0.2, -0.15) is 0 Å². The largest absolute Gasteiger partial charge is 0.387 e. The van der Waals surface area contributed by atoms with E-state index in [0.717, 1.165) is 12.0 Å². The summed E-state index contributed by atoms with van der Waals surface area (Å²) in [5.74, 6) is 0. The number of nitrogens with two attached hydrogens (primary N) is 1. The Balaban J connectivity index is 2.29. The standard InChI is InChI=1S/C12H17NO/c13-8-12(14)11-6-5-9-3-1-2-4-10(9)7-11/h5-7,12,14H,1-4,8,13H2/t12-/m1/s1. The molecule has 0 aromatic heterocycles. The summed E-state index contributed by atoms with van der Waals surface area (Å²) in [4.78, 5) is 0. The maximum atomic E-state index is 9.61. The van der Waals surface area contributed by atoms with Crippen molar-refractivity contribution in [3.63, 3.8) is 0 Å². The Hall–Kier alpha value is -0.860. The normalized spacial score (nSPS) is 17.6. The van der Waals surface area contributed by atoms with Gasteiger partial charge in [0.05, 0.1) is 6.10 Å². The molecule has 0 fully saturated rings. The highest BCUT2D eigenvalue weighted by atomic mass is 16.3. The molecule has 76 valence electrons. The van der Waals surface area contributed by atoms with E-state index in [1.807, 2.05) is 6.07 Å². The topological polar surface area (TPSA) is 46.2 Å². The van der Waals surface area contributed by atoms with E-state index in [1.165, 1.54) is 30.4 Å². The van der Waals surface area contributed by atoms with Crippen LogP contribution in [-0.4, -0.2) is 11.7 Å². The van der Waals surface area contributed by atoms with E-state index >= 15 is 0 Å². The zero-order valence-electron chi connectivity index (χ0n) is 8.37. The van der Waals surface area contributed by atoms with E-state index in [9.17, 15) is 5.11 Å². The summed E-state index contributed by atoms with van der Waals surface area (Å²) >= 11 is 0. The van der Waals surface area contributed by atoms with Crippen LogP contribution in [0, 0.1) is 0 Å². The van der Waals surface area contributed by atoms with Crippen LogP contribution in [0.2, 0.25) is 0 Å². The third-order valence-corrected chi connectivity index (χ3v) is 2.98. The lowest BCUT2D eigenvalue weighted by molar-refractivity contribution is 0.186. The maximum absolute atomic E-state index is 9.61. The summed E-state index contributed by atoms with van der Waals surface area (Å²) < 4.78 is 0. The van der Waals surface area contributed by atoms with E-state index in [1.54, 1.807) is 0 Å². The monoisotopic (exact) mass is 191 g/mol. The molecular weight excluding hydrogens is 174 g/mol. The first-order valence-corrected chi connectivity index (χ1v) is 5.31. The molecule has 0 saturated heterocycles. The zero-order chi connectivity index (χ0) is 9.97. The Morgan fingerprint density at radius 3 is 2.64 bits per heavy atom. The molecule has 1 aromatic carbocycles. The predicted octanol–water partition coefficient (Wildman–Crippen LogP) is 1.56. The molecule has 1 aliphatic rings. The first-order chi connectivity index (χ1) is 6.81. The Kier molecular flexibility index (Phi) is 2.85. The Bertz CT molecular complexity index is 322. The summed E-state index contributed by atoms with van der Waals surface area (Å²) in [5.41, 5.74) is 9.25. The molecule has 1 aliphatic carbocycles. The van der Waals surface area contributed by atoms with Crippen molar-refractivity contribution in [1.29, 1.82) is 0 Å². The fourth-order valence-corrected chi connectivity index (χ4v) is 2.10. The van der Waals surface area contributed by atoms with E-state index < -0.39 is 6.10 Å². The summed E-state index contributed by atoms with van der Waals surface area (Å²) in [7, 11) is 0. The van der Waals surface area contributed by atoms with Crippen molar-refractivity contribution in [2.24, 2.45) is 5.73 Å². The summed E-state index contributed by atoms with van der Waals surface area (Å²) in [6.45, 7) is 0.304. The van der Waals surface area contributed by atoms with Gasteiger partial charge in [-0.05, 0) is 42.4 Å². The number of aryl methyl sites for hydroxylation is 2. The fourth-order valence-electron chi connectivity index (χ4n) is 2.10. The smallest absolute Gasteiger partial charge is 0.0912 e. The molecule has 2 rings (SSSR count). The average molecular weight is 191 g/mol. The lowest BCUT2D eigenvalue weighted by atomic mass is 9.89. The number of hydrogen-bond donors (Lipinski definition) is 2. The van der Waals surface area contributed by atoms with Gasteiger partial charge < -0.3 is 10.8 Å². The number of hydrogen-bond acceptors (Lipinski definition) is 2. The van der Waals surface area contributed by atoms with Gasteiger partial charge in [0.15, 0.2) is 0 Å². The van der Waals surface area contributed by atoms with Gasteiger partial charge in [0.25, 0.3) is 0 Å². The van der Waals surface area contributed by atoms with Crippen LogP contribution in [0.5, 0.6) is 0 Å². The number of benzene rings is 1. The van der Waals surface area contributed by atoms with E-state index in [2.05, 4.69) is 12.1 Å². The van der Waals surface area contributed by atoms with Crippen molar-refractivity contribution in [3.05, 3.63) is 34.9 Å². The van der Waals surface area contributed by atoms with Gasteiger partial charge in [0, 0.05) is 6.54 Å². The van der Waals surface area contributed by atoms with Crippen LogP contribution in [0.15, 0.2) is 18.2 Å². The Morgan fingerprint density at radius 1 is 1.21 bits per heavy atom. The summed E-state index contributed by atoms with van der Waals surface area (Å²) in [6.07, 6.45) is 4.41. The number of aliphatic hydroxyl groups is 1. The molecule has 1 atom stereocenters. The second kappa shape index (κ2) is 4.11.